The number of hydrogen-bond donors (Lipinski definition) is 0. The van der Waals surface area contributed by atoms with Crippen LogP contribution in [0.1, 0.15) is 107 Å². The fraction of sp³-hybridized carbons (Fsp3) is 0.353. The van der Waals surface area contributed by atoms with E-state index in [0.29, 0.717) is 36.0 Å². The smallest absolute Gasteiger partial charge is 0.305 e. The van der Waals surface area contributed by atoms with Crippen molar-refractivity contribution in [3.8, 4) is 0 Å². The van der Waals surface area contributed by atoms with Crippen LogP contribution in [0, 0.1) is 23.7 Å². The molecule has 2 nitrogen and oxygen atoms in total. The minimum atomic E-state index is -0.0703. The summed E-state index contributed by atoms with van der Waals surface area (Å²) in [5.41, 5.74) is 20.7. The van der Waals surface area contributed by atoms with Gasteiger partial charge in [-0.05, 0) is 188 Å². The summed E-state index contributed by atoms with van der Waals surface area (Å²) in [5.74, 6) is 4.33. The summed E-state index contributed by atoms with van der Waals surface area (Å²) in [4.78, 5) is 12.7. The van der Waals surface area contributed by atoms with E-state index >= 15 is 0 Å². The Morgan fingerprint density at radius 2 is 1.68 bits per heavy atom. The number of ether oxygens (including phenoxy) is 1. The number of allylic oxidation sites excluding steroid dienone is 4. The van der Waals surface area contributed by atoms with Gasteiger partial charge < -0.3 is 4.74 Å². The Kier molecular flexibility index (Phi) is 3.35. The molecule has 0 bridgehead atoms. The van der Waals surface area contributed by atoms with Crippen LogP contribution >= 0.6 is 0 Å². The summed E-state index contributed by atoms with van der Waals surface area (Å²) in [5, 5.41) is 20.5. The molecule has 7 unspecified atom stereocenters. The van der Waals surface area contributed by atoms with E-state index in [9.17, 15) is 4.79 Å². The lowest BCUT2D eigenvalue weighted by molar-refractivity contribution is -0.140. The molecule has 11 aliphatic rings. The average molecular weight is 679 g/mol. The van der Waals surface area contributed by atoms with Crippen LogP contribution < -0.4 is 10.4 Å². The minimum Gasteiger partial charge on any atom is -0.469 e. The third-order valence-corrected chi connectivity index (χ3v) is 18.8. The molecular weight excluding hydrogens is 645 g/mol. The molecule has 0 heterocycles. The van der Waals surface area contributed by atoms with Crippen LogP contribution in [0.2, 0.25) is 0 Å². The van der Waals surface area contributed by atoms with Gasteiger partial charge in [-0.2, -0.15) is 0 Å². The molecule has 3 fully saturated rings. The highest BCUT2D eigenvalue weighted by molar-refractivity contribution is 6.48. The van der Waals surface area contributed by atoms with Crippen LogP contribution in [0.5, 0.6) is 0 Å². The van der Waals surface area contributed by atoms with Crippen LogP contribution in [0.15, 0.2) is 48.6 Å². The number of carbonyl (C=O) groups excluding carboxylic acids is 1. The van der Waals surface area contributed by atoms with Crippen LogP contribution in [0.25, 0.3) is 76.2 Å². The molecule has 0 aliphatic heterocycles. The number of rotatable bonds is 5. The van der Waals surface area contributed by atoms with Gasteiger partial charge in [-0.15, -0.1) is 0 Å². The molecular formula is C51H34O2. The first-order chi connectivity index (χ1) is 26.2. The lowest BCUT2D eigenvalue weighted by atomic mass is 9.61. The molecule has 3 saturated carbocycles. The van der Waals surface area contributed by atoms with Crippen molar-refractivity contribution in [2.45, 2.75) is 80.0 Å². The zero-order valence-electron chi connectivity index (χ0n) is 29.6. The lowest BCUT2D eigenvalue weighted by Crippen LogP contribution is -2.37. The Morgan fingerprint density at radius 3 is 2.58 bits per heavy atom. The Labute approximate surface area is 304 Å². The molecule has 0 aromatic heterocycles. The van der Waals surface area contributed by atoms with Crippen molar-refractivity contribution in [2.24, 2.45) is 23.7 Å². The van der Waals surface area contributed by atoms with E-state index in [1.807, 2.05) is 11.1 Å². The van der Waals surface area contributed by atoms with E-state index < -0.39 is 0 Å². The zero-order valence-corrected chi connectivity index (χ0v) is 29.6. The number of methoxy groups -OCH3 is 1. The van der Waals surface area contributed by atoms with Crippen molar-refractivity contribution in [3.05, 3.63) is 103 Å². The van der Waals surface area contributed by atoms with Crippen LogP contribution in [0.4, 0.5) is 0 Å². The van der Waals surface area contributed by atoms with Gasteiger partial charge in [-0.25, -0.2) is 0 Å². The molecule has 18 rings (SSSR count). The normalized spacial score (nSPS) is 36.1. The van der Waals surface area contributed by atoms with Crippen LogP contribution in [-0.4, -0.2) is 13.1 Å². The standard InChI is InChI=1S/C51H34O2/c1-53-27(52)8-5-9-50(25-6-3-2-4-7-25)49-26-16-23-14-20-12-21-11-18-10-19-13-22-15-24-17-51(49,50)48-34(24)39-33(22)38-29(19)28(18)36-32(21)37-30(20)31(23)40-35(26)47(48)46-44(39)42(38)41(36)43(37)45(40)46/h2-4,6-7,12,15-16,18-19,21,24,28,32,49H,5,8-11,13-14,17H2,1H3/t18-,19?,21-,24?,28?,32?,49?,50?,51?/m1/s1. The number of carbonyl (C=O) groups is 1. The second-order valence-electron chi connectivity index (χ2n) is 19.8. The zero-order chi connectivity index (χ0) is 33.5. The van der Waals surface area contributed by atoms with Gasteiger partial charge in [0.1, 0.15) is 0 Å². The molecule has 0 amide bonds. The van der Waals surface area contributed by atoms with Gasteiger partial charge in [0, 0.05) is 40.9 Å². The molecule has 53 heavy (non-hydrogen) atoms. The highest BCUT2D eigenvalue weighted by Gasteiger charge is 2.81. The molecule has 7 aromatic carbocycles. The average Bonchev–Trinajstić information content (AvgIpc) is 3.86. The molecule has 2 heteroatoms. The van der Waals surface area contributed by atoms with Gasteiger partial charge >= 0.3 is 5.97 Å². The highest BCUT2D eigenvalue weighted by Crippen LogP contribution is 2.87. The van der Waals surface area contributed by atoms with Crippen molar-refractivity contribution in [3.63, 3.8) is 0 Å². The maximum absolute atomic E-state index is 12.7. The second kappa shape index (κ2) is 7.01. The fourth-order valence-electron chi connectivity index (χ4n) is 18.2. The summed E-state index contributed by atoms with van der Waals surface area (Å²) in [6, 6.07) is 14.5. The van der Waals surface area contributed by atoms with E-state index in [-0.39, 0.29) is 16.8 Å². The monoisotopic (exact) mass is 678 g/mol. The molecule has 250 valence electrons. The van der Waals surface area contributed by atoms with Crippen molar-refractivity contribution < 1.29 is 9.53 Å². The third kappa shape index (κ3) is 2.00. The van der Waals surface area contributed by atoms with Crippen molar-refractivity contribution in [2.75, 3.05) is 7.11 Å². The Bertz CT molecular complexity index is 3390. The lowest BCUT2D eigenvalue weighted by Gasteiger charge is -2.42. The maximum Gasteiger partial charge on any atom is 0.305 e. The van der Waals surface area contributed by atoms with Crippen molar-refractivity contribution in [1.29, 1.82) is 0 Å². The first-order valence-corrected chi connectivity index (χ1v) is 20.9. The summed E-state index contributed by atoms with van der Waals surface area (Å²) in [6.45, 7) is 0. The van der Waals surface area contributed by atoms with Crippen LogP contribution in [0.3, 0.4) is 0 Å². The summed E-state index contributed by atoms with van der Waals surface area (Å²) >= 11 is 0. The van der Waals surface area contributed by atoms with Gasteiger partial charge in [0.05, 0.1) is 7.11 Å². The molecule has 0 radical (unpaired) electrons. The Hall–Kier alpha value is -4.69. The van der Waals surface area contributed by atoms with Gasteiger partial charge in [-0.3, -0.25) is 4.79 Å². The number of benzene rings is 5. The first kappa shape index (κ1) is 25.4. The Morgan fingerprint density at radius 1 is 0.811 bits per heavy atom. The summed E-state index contributed by atoms with van der Waals surface area (Å²) in [6.07, 6.45) is 14.5. The minimum absolute atomic E-state index is 0.0324. The Balaban J connectivity index is 1.13. The predicted molar refractivity (Wildman–Crippen MR) is 210 cm³/mol. The summed E-state index contributed by atoms with van der Waals surface area (Å²) < 4.78 is 5.25. The van der Waals surface area contributed by atoms with Gasteiger partial charge in [0.2, 0.25) is 0 Å². The van der Waals surface area contributed by atoms with Gasteiger partial charge in [0.25, 0.3) is 0 Å². The highest BCUT2D eigenvalue weighted by atomic mass is 16.5. The molecule has 7 aromatic rings. The molecule has 0 N–H and O–H groups in total. The first-order valence-electron chi connectivity index (χ1n) is 20.9. The van der Waals surface area contributed by atoms with Crippen molar-refractivity contribution >= 4 is 82.1 Å². The SMILES string of the molecule is COC(=O)CCCC1(c2ccccc2)C2c3cc4c5c6c7c8c9c%10c%11c%12c%13c%14c(c%15c3c5c8c%15c%13%10)C21CC%14C=C%12CC1C[C@@H]2C[C@H](C=C6C4)C7C=9C2C=%111. The summed E-state index contributed by atoms with van der Waals surface area (Å²) in [7, 11) is 1.55. The number of hydrogen-bond acceptors (Lipinski definition) is 2. The quantitative estimate of drug-likeness (QED) is 0.134. The third-order valence-electron chi connectivity index (χ3n) is 18.8. The second-order valence-corrected chi connectivity index (χ2v) is 19.8. The van der Waals surface area contributed by atoms with E-state index in [4.69, 9.17) is 4.74 Å². The van der Waals surface area contributed by atoms with Crippen molar-refractivity contribution in [1.82, 2.24) is 0 Å². The largest absolute Gasteiger partial charge is 0.469 e. The van der Waals surface area contributed by atoms with E-state index in [1.54, 1.807) is 121 Å². The molecule has 1 spiro atoms. The molecule has 0 saturated heterocycles. The van der Waals surface area contributed by atoms with E-state index in [2.05, 4.69) is 48.6 Å². The van der Waals surface area contributed by atoms with Crippen LogP contribution in [-0.2, 0) is 26.8 Å². The topological polar surface area (TPSA) is 26.3 Å². The van der Waals surface area contributed by atoms with E-state index in [1.165, 1.54) is 31.2 Å². The predicted octanol–water partition coefficient (Wildman–Crippen LogP) is 9.32. The molecule has 11 aliphatic carbocycles. The maximum atomic E-state index is 12.7. The number of esters is 1. The van der Waals surface area contributed by atoms with Gasteiger partial charge in [0.15, 0.2) is 0 Å². The van der Waals surface area contributed by atoms with E-state index in [0.717, 1.165) is 31.1 Å². The fourth-order valence-corrected chi connectivity index (χ4v) is 18.2. The number of fused-ring (bicyclic) bond motifs is 1. The molecule has 9 atom stereocenters. The van der Waals surface area contributed by atoms with Gasteiger partial charge in [-0.1, -0.05) is 54.1 Å².